The van der Waals surface area contributed by atoms with Gasteiger partial charge in [-0.1, -0.05) is 18.2 Å². The minimum atomic E-state index is -0.246. The third-order valence-electron chi connectivity index (χ3n) is 4.42. The van der Waals surface area contributed by atoms with Gasteiger partial charge < -0.3 is 15.1 Å². The summed E-state index contributed by atoms with van der Waals surface area (Å²) in [4.78, 5) is 33.2. The number of hydrogen-bond acceptors (Lipinski definition) is 4. The zero-order valence-electron chi connectivity index (χ0n) is 14.5. The maximum atomic E-state index is 12.6. The van der Waals surface area contributed by atoms with Crippen molar-refractivity contribution >= 4 is 17.5 Å². The Morgan fingerprint density at radius 1 is 1.08 bits per heavy atom. The van der Waals surface area contributed by atoms with Gasteiger partial charge in [0.2, 0.25) is 0 Å². The van der Waals surface area contributed by atoms with Crippen LogP contribution in [0.3, 0.4) is 0 Å². The number of nitrogens with one attached hydrogen (secondary N) is 1. The van der Waals surface area contributed by atoms with Gasteiger partial charge in [-0.25, -0.2) is 0 Å². The minimum Gasteiger partial charge on any atom is -0.335 e. The van der Waals surface area contributed by atoms with Crippen LogP contribution in [0.5, 0.6) is 0 Å². The lowest BCUT2D eigenvalue weighted by Gasteiger charge is -2.32. The van der Waals surface area contributed by atoms with Crippen molar-refractivity contribution in [2.24, 2.45) is 0 Å². The van der Waals surface area contributed by atoms with Gasteiger partial charge in [0, 0.05) is 43.6 Å². The first-order chi connectivity index (χ1) is 12.0. The molecule has 1 aliphatic heterocycles. The van der Waals surface area contributed by atoms with Crippen LogP contribution in [0.15, 0.2) is 42.6 Å². The third kappa shape index (κ3) is 4.03. The molecular weight excluding hydrogens is 316 g/mol. The molecular formula is C19H22N4O2. The molecule has 2 amide bonds. The highest BCUT2D eigenvalue weighted by molar-refractivity contribution is 6.06. The number of anilines is 1. The molecule has 0 unspecified atom stereocenters. The van der Waals surface area contributed by atoms with Crippen LogP contribution in [0.2, 0.25) is 0 Å². The molecule has 25 heavy (non-hydrogen) atoms. The molecule has 3 rings (SSSR count). The van der Waals surface area contributed by atoms with Crippen LogP contribution in [-0.2, 0) is 0 Å². The Morgan fingerprint density at radius 2 is 1.80 bits per heavy atom. The highest BCUT2D eigenvalue weighted by Gasteiger charge is 2.22. The lowest BCUT2D eigenvalue weighted by molar-refractivity contribution is 0.0658. The van der Waals surface area contributed by atoms with E-state index in [0.717, 1.165) is 24.3 Å². The number of nitrogens with zero attached hydrogens (tertiary/aromatic N) is 3. The fourth-order valence-corrected chi connectivity index (χ4v) is 2.77. The summed E-state index contributed by atoms with van der Waals surface area (Å²) in [6.45, 7) is 4.98. The number of carbonyl (C=O) groups is 2. The smallest absolute Gasteiger partial charge is 0.272 e. The molecule has 1 N–H and O–H groups in total. The number of hydrogen-bond donors (Lipinski definition) is 1. The van der Waals surface area contributed by atoms with Gasteiger partial charge in [0.25, 0.3) is 11.8 Å². The predicted molar refractivity (Wildman–Crippen MR) is 96.8 cm³/mol. The lowest BCUT2D eigenvalue weighted by Crippen LogP contribution is -2.47. The number of amides is 2. The van der Waals surface area contributed by atoms with E-state index in [0.29, 0.717) is 24.3 Å². The summed E-state index contributed by atoms with van der Waals surface area (Å²) in [5.74, 6) is -0.372. The molecule has 0 radical (unpaired) electrons. The summed E-state index contributed by atoms with van der Waals surface area (Å²) in [7, 11) is 2.04. The van der Waals surface area contributed by atoms with Crippen molar-refractivity contribution in [1.29, 1.82) is 0 Å². The van der Waals surface area contributed by atoms with E-state index in [1.807, 2.05) is 38.2 Å². The van der Waals surface area contributed by atoms with Crippen molar-refractivity contribution < 1.29 is 9.59 Å². The average Bonchev–Trinajstić information content (AvgIpc) is 2.64. The van der Waals surface area contributed by atoms with Crippen molar-refractivity contribution in [1.82, 2.24) is 14.8 Å². The van der Waals surface area contributed by atoms with E-state index in [2.05, 4.69) is 15.2 Å². The fourth-order valence-electron chi connectivity index (χ4n) is 2.77. The molecule has 6 heteroatoms. The molecule has 1 saturated heterocycles. The molecule has 0 bridgehead atoms. The number of benzene rings is 1. The summed E-state index contributed by atoms with van der Waals surface area (Å²) in [5.41, 5.74) is 2.48. The molecule has 0 saturated carbocycles. The lowest BCUT2D eigenvalue weighted by atomic mass is 10.1. The number of pyridine rings is 1. The first-order valence-electron chi connectivity index (χ1n) is 8.35. The molecule has 1 aromatic carbocycles. The second kappa shape index (κ2) is 7.44. The van der Waals surface area contributed by atoms with E-state index in [-0.39, 0.29) is 11.8 Å². The van der Waals surface area contributed by atoms with Crippen LogP contribution in [-0.4, -0.2) is 59.8 Å². The van der Waals surface area contributed by atoms with E-state index in [1.54, 1.807) is 17.0 Å². The van der Waals surface area contributed by atoms with Gasteiger partial charge in [0.05, 0.1) is 0 Å². The Hall–Kier alpha value is -2.73. The van der Waals surface area contributed by atoms with Gasteiger partial charge in [0.1, 0.15) is 5.69 Å². The van der Waals surface area contributed by atoms with Crippen LogP contribution in [0.4, 0.5) is 5.69 Å². The van der Waals surface area contributed by atoms with E-state index in [4.69, 9.17) is 0 Å². The Morgan fingerprint density at radius 3 is 2.52 bits per heavy atom. The summed E-state index contributed by atoms with van der Waals surface area (Å²) < 4.78 is 0. The Kier molecular flexibility index (Phi) is 5.09. The maximum Gasteiger partial charge on any atom is 0.272 e. The quantitative estimate of drug-likeness (QED) is 0.930. The normalized spacial score (nSPS) is 15.0. The second-order valence-electron chi connectivity index (χ2n) is 6.29. The Bertz CT molecular complexity index is 782. The molecule has 1 aromatic heterocycles. The monoisotopic (exact) mass is 338 g/mol. The predicted octanol–water partition coefficient (Wildman–Crippen LogP) is 2.03. The molecule has 0 aliphatic carbocycles. The molecule has 0 spiro atoms. The van der Waals surface area contributed by atoms with Gasteiger partial charge in [0.15, 0.2) is 0 Å². The zero-order valence-corrected chi connectivity index (χ0v) is 14.5. The maximum absolute atomic E-state index is 12.6. The van der Waals surface area contributed by atoms with E-state index in [9.17, 15) is 9.59 Å². The molecule has 130 valence electrons. The van der Waals surface area contributed by atoms with Crippen molar-refractivity contribution in [2.75, 3.05) is 38.5 Å². The van der Waals surface area contributed by atoms with Crippen molar-refractivity contribution in [3.8, 4) is 0 Å². The molecule has 2 heterocycles. The van der Waals surface area contributed by atoms with E-state index < -0.39 is 0 Å². The van der Waals surface area contributed by atoms with Crippen LogP contribution >= 0.6 is 0 Å². The van der Waals surface area contributed by atoms with Crippen LogP contribution in [0, 0.1) is 6.92 Å². The SMILES string of the molecule is Cc1ccccc1NC(=O)c1ccnc(C(=O)N2CCN(C)CC2)c1. The summed E-state index contributed by atoms with van der Waals surface area (Å²) in [5, 5.41) is 2.88. The van der Waals surface area contributed by atoms with Gasteiger partial charge in [-0.05, 0) is 37.7 Å². The van der Waals surface area contributed by atoms with Crippen LogP contribution in [0.25, 0.3) is 0 Å². The number of rotatable bonds is 3. The number of para-hydroxylation sites is 1. The van der Waals surface area contributed by atoms with Gasteiger partial charge in [-0.15, -0.1) is 0 Å². The molecule has 0 atom stereocenters. The number of likely N-dealkylation sites (N-methyl/N-ethyl adjacent to an activating group) is 1. The number of carbonyl (C=O) groups excluding carboxylic acids is 2. The topological polar surface area (TPSA) is 65.5 Å². The van der Waals surface area contributed by atoms with E-state index in [1.165, 1.54) is 6.20 Å². The first-order valence-corrected chi connectivity index (χ1v) is 8.35. The largest absolute Gasteiger partial charge is 0.335 e. The number of piperazine rings is 1. The molecule has 1 fully saturated rings. The molecule has 6 nitrogen and oxygen atoms in total. The highest BCUT2D eigenvalue weighted by Crippen LogP contribution is 2.15. The average molecular weight is 338 g/mol. The van der Waals surface area contributed by atoms with E-state index >= 15 is 0 Å². The Balaban J connectivity index is 1.73. The molecule has 2 aromatic rings. The van der Waals surface area contributed by atoms with Crippen LogP contribution in [0.1, 0.15) is 26.4 Å². The third-order valence-corrected chi connectivity index (χ3v) is 4.42. The van der Waals surface area contributed by atoms with Crippen LogP contribution < -0.4 is 5.32 Å². The van der Waals surface area contributed by atoms with Crippen molar-refractivity contribution in [2.45, 2.75) is 6.92 Å². The summed E-state index contributed by atoms with van der Waals surface area (Å²) in [6.07, 6.45) is 1.51. The zero-order chi connectivity index (χ0) is 17.8. The summed E-state index contributed by atoms with van der Waals surface area (Å²) in [6, 6.07) is 10.8. The Labute approximate surface area is 147 Å². The van der Waals surface area contributed by atoms with Gasteiger partial charge in [-0.2, -0.15) is 0 Å². The van der Waals surface area contributed by atoms with Crippen molar-refractivity contribution in [3.63, 3.8) is 0 Å². The number of aryl methyl sites for hydroxylation is 1. The first kappa shape index (κ1) is 17.1. The molecule has 1 aliphatic rings. The van der Waals surface area contributed by atoms with Gasteiger partial charge in [-0.3, -0.25) is 14.6 Å². The minimum absolute atomic E-state index is 0.126. The van der Waals surface area contributed by atoms with Crippen molar-refractivity contribution in [3.05, 3.63) is 59.4 Å². The van der Waals surface area contributed by atoms with Gasteiger partial charge >= 0.3 is 0 Å². The summed E-state index contributed by atoms with van der Waals surface area (Å²) >= 11 is 0. The highest BCUT2D eigenvalue weighted by atomic mass is 16.2. The standard InChI is InChI=1S/C19H22N4O2/c1-14-5-3-4-6-16(14)21-18(24)15-7-8-20-17(13-15)19(25)23-11-9-22(2)10-12-23/h3-8,13H,9-12H2,1-2H3,(H,21,24). The fraction of sp³-hybridized carbons (Fsp3) is 0.316. The number of aromatic nitrogens is 1. The second-order valence-corrected chi connectivity index (χ2v) is 6.29.